The number of aliphatic hydroxyl groups is 1. The lowest BCUT2D eigenvalue weighted by Gasteiger charge is -2.39. The van der Waals surface area contributed by atoms with Crippen molar-refractivity contribution in [2.24, 2.45) is 11.3 Å². The minimum atomic E-state index is -1.03. The summed E-state index contributed by atoms with van der Waals surface area (Å²) in [6, 6.07) is 8.50. The number of halogens is 1. The van der Waals surface area contributed by atoms with E-state index in [9.17, 15) is 14.8 Å². The Morgan fingerprint density at radius 2 is 2.26 bits per heavy atom. The number of hydrogen-bond donors (Lipinski definition) is 1. The van der Waals surface area contributed by atoms with Crippen LogP contribution >= 0.6 is 0 Å². The van der Waals surface area contributed by atoms with Gasteiger partial charge in [0.15, 0.2) is 0 Å². The molecule has 1 aliphatic rings. The first-order valence-electron chi connectivity index (χ1n) is 6.96. The van der Waals surface area contributed by atoms with Gasteiger partial charge in [-0.1, -0.05) is 44.4 Å². The molecule has 0 radical (unpaired) electrons. The second kappa shape index (κ2) is 5.71. The van der Waals surface area contributed by atoms with Crippen molar-refractivity contribution in [2.75, 3.05) is 0 Å². The smallest absolute Gasteiger partial charge is 0.129 e. The number of benzene rings is 1. The van der Waals surface area contributed by atoms with Crippen LogP contribution in [0.4, 0.5) is 4.39 Å². The molecule has 1 aromatic carbocycles. The van der Waals surface area contributed by atoms with Crippen LogP contribution in [0, 0.1) is 28.5 Å². The quantitative estimate of drug-likeness (QED) is 0.894. The Balaban J connectivity index is 2.31. The molecule has 19 heavy (non-hydrogen) atoms. The van der Waals surface area contributed by atoms with Gasteiger partial charge in [0.05, 0.1) is 11.5 Å². The van der Waals surface area contributed by atoms with E-state index in [2.05, 4.69) is 13.0 Å². The molecule has 0 bridgehead atoms. The molecule has 3 heteroatoms. The van der Waals surface area contributed by atoms with Gasteiger partial charge in [0.25, 0.3) is 0 Å². The standard InChI is InChI=1S/C16H20FNO/c1-2-12-6-5-9-16(10-12,11-18)15(19)13-7-3-4-8-14(13)17/h3-4,7-8,12,15,19H,2,5-6,9-10H2,1H3. The second-order valence-electron chi connectivity index (χ2n) is 5.56. The van der Waals surface area contributed by atoms with Crippen molar-refractivity contribution in [2.45, 2.75) is 45.1 Å². The zero-order chi connectivity index (χ0) is 13.9. The van der Waals surface area contributed by atoms with Crippen LogP contribution in [0.1, 0.15) is 50.7 Å². The predicted molar refractivity (Wildman–Crippen MR) is 71.7 cm³/mol. The lowest BCUT2D eigenvalue weighted by atomic mass is 9.65. The summed E-state index contributed by atoms with van der Waals surface area (Å²) in [6.07, 6.45) is 3.31. The molecule has 0 heterocycles. The number of rotatable bonds is 3. The van der Waals surface area contributed by atoms with Gasteiger partial charge in [-0.25, -0.2) is 4.39 Å². The van der Waals surface area contributed by atoms with E-state index in [0.717, 1.165) is 19.3 Å². The maximum Gasteiger partial charge on any atom is 0.129 e. The van der Waals surface area contributed by atoms with Gasteiger partial charge < -0.3 is 5.11 Å². The topological polar surface area (TPSA) is 44.0 Å². The van der Waals surface area contributed by atoms with Crippen LogP contribution in [-0.2, 0) is 0 Å². The average molecular weight is 261 g/mol. The monoisotopic (exact) mass is 261 g/mol. The maximum atomic E-state index is 13.8. The number of nitriles is 1. The van der Waals surface area contributed by atoms with Gasteiger partial charge in [-0.15, -0.1) is 0 Å². The van der Waals surface area contributed by atoms with Crippen molar-refractivity contribution < 1.29 is 9.50 Å². The maximum absolute atomic E-state index is 13.8. The minimum Gasteiger partial charge on any atom is -0.387 e. The zero-order valence-electron chi connectivity index (χ0n) is 11.3. The third kappa shape index (κ3) is 2.64. The van der Waals surface area contributed by atoms with E-state index in [4.69, 9.17) is 0 Å². The molecule has 102 valence electrons. The van der Waals surface area contributed by atoms with Gasteiger partial charge in [-0.3, -0.25) is 0 Å². The summed E-state index contributed by atoms with van der Waals surface area (Å²) < 4.78 is 13.8. The van der Waals surface area contributed by atoms with Gasteiger partial charge in [0.2, 0.25) is 0 Å². The summed E-state index contributed by atoms with van der Waals surface area (Å²) in [5.74, 6) is 0.0260. The van der Waals surface area contributed by atoms with Gasteiger partial charge in [0.1, 0.15) is 11.9 Å². The highest BCUT2D eigenvalue weighted by Gasteiger charge is 2.43. The Kier molecular flexibility index (Phi) is 4.21. The average Bonchev–Trinajstić information content (AvgIpc) is 2.47. The molecule has 0 spiro atoms. The summed E-state index contributed by atoms with van der Waals surface area (Å²) in [4.78, 5) is 0. The van der Waals surface area contributed by atoms with Crippen molar-refractivity contribution in [1.82, 2.24) is 0 Å². The largest absolute Gasteiger partial charge is 0.387 e. The summed E-state index contributed by atoms with van der Waals surface area (Å²) >= 11 is 0. The SMILES string of the molecule is CCC1CCCC(C#N)(C(O)c2ccccc2F)C1. The molecule has 1 fully saturated rings. The number of hydrogen-bond acceptors (Lipinski definition) is 2. The lowest BCUT2D eigenvalue weighted by Crippen LogP contribution is -2.34. The van der Waals surface area contributed by atoms with E-state index in [1.165, 1.54) is 6.07 Å². The summed E-state index contributed by atoms with van der Waals surface area (Å²) in [7, 11) is 0. The molecule has 0 saturated heterocycles. The second-order valence-corrected chi connectivity index (χ2v) is 5.56. The van der Waals surface area contributed by atoms with Crippen LogP contribution in [0.3, 0.4) is 0 Å². The molecule has 1 aromatic rings. The van der Waals surface area contributed by atoms with Crippen LogP contribution in [0.25, 0.3) is 0 Å². The molecule has 1 N–H and O–H groups in total. The Bertz CT molecular complexity index is 482. The van der Waals surface area contributed by atoms with Crippen molar-refractivity contribution in [3.05, 3.63) is 35.6 Å². The molecular formula is C16H20FNO. The van der Waals surface area contributed by atoms with Crippen molar-refractivity contribution >= 4 is 0 Å². The first kappa shape index (κ1) is 14.0. The van der Waals surface area contributed by atoms with Gasteiger partial charge in [0, 0.05) is 5.56 Å². The van der Waals surface area contributed by atoms with Crippen LogP contribution in [0.5, 0.6) is 0 Å². The van der Waals surface area contributed by atoms with Crippen LogP contribution < -0.4 is 0 Å². The number of nitrogens with zero attached hydrogens (tertiary/aromatic N) is 1. The van der Waals surface area contributed by atoms with Crippen molar-refractivity contribution in [1.29, 1.82) is 5.26 Å². The van der Waals surface area contributed by atoms with Gasteiger partial charge in [-0.2, -0.15) is 5.26 Å². The van der Waals surface area contributed by atoms with Gasteiger partial charge in [-0.05, 0) is 24.8 Å². The summed E-state index contributed by atoms with van der Waals surface area (Å²) in [5, 5.41) is 20.1. The van der Waals surface area contributed by atoms with Crippen LogP contribution in [-0.4, -0.2) is 5.11 Å². The molecule has 2 nitrogen and oxygen atoms in total. The van der Waals surface area contributed by atoms with Crippen molar-refractivity contribution in [3.8, 4) is 6.07 Å². The van der Waals surface area contributed by atoms with E-state index >= 15 is 0 Å². The van der Waals surface area contributed by atoms with E-state index in [1.807, 2.05) is 0 Å². The molecule has 2 rings (SSSR count). The normalized spacial score (nSPS) is 28.6. The Hall–Kier alpha value is -1.40. The van der Waals surface area contributed by atoms with Crippen LogP contribution in [0.15, 0.2) is 24.3 Å². The molecule has 3 unspecified atom stereocenters. The minimum absolute atomic E-state index is 0.251. The van der Waals surface area contributed by atoms with E-state index in [-0.39, 0.29) is 5.56 Å². The van der Waals surface area contributed by atoms with Crippen LogP contribution in [0.2, 0.25) is 0 Å². The first-order valence-corrected chi connectivity index (χ1v) is 6.96. The van der Waals surface area contributed by atoms with Gasteiger partial charge >= 0.3 is 0 Å². The number of aliphatic hydroxyl groups excluding tert-OH is 1. The fourth-order valence-electron chi connectivity index (χ4n) is 3.18. The molecule has 1 aliphatic carbocycles. The Morgan fingerprint density at radius 3 is 2.89 bits per heavy atom. The highest BCUT2D eigenvalue weighted by Crippen LogP contribution is 2.48. The van der Waals surface area contributed by atoms with E-state index in [0.29, 0.717) is 18.8 Å². The first-order chi connectivity index (χ1) is 9.13. The fourth-order valence-corrected chi connectivity index (χ4v) is 3.18. The van der Waals surface area contributed by atoms with E-state index < -0.39 is 17.3 Å². The molecule has 1 saturated carbocycles. The van der Waals surface area contributed by atoms with Crippen molar-refractivity contribution in [3.63, 3.8) is 0 Å². The molecule has 0 amide bonds. The third-order valence-electron chi connectivity index (χ3n) is 4.41. The zero-order valence-corrected chi connectivity index (χ0v) is 11.3. The molecule has 0 aromatic heterocycles. The predicted octanol–water partition coefficient (Wildman–Crippen LogP) is 3.97. The highest BCUT2D eigenvalue weighted by molar-refractivity contribution is 5.25. The Labute approximate surface area is 113 Å². The molecule has 0 aliphatic heterocycles. The summed E-state index contributed by atoms with van der Waals surface area (Å²) in [6.45, 7) is 2.10. The Morgan fingerprint density at radius 1 is 1.53 bits per heavy atom. The molecular weight excluding hydrogens is 241 g/mol. The highest BCUT2D eigenvalue weighted by atomic mass is 19.1. The lowest BCUT2D eigenvalue weighted by molar-refractivity contribution is 0.0162. The third-order valence-corrected chi connectivity index (χ3v) is 4.41. The molecule has 3 atom stereocenters. The van der Waals surface area contributed by atoms with E-state index in [1.54, 1.807) is 18.2 Å². The summed E-state index contributed by atoms with van der Waals surface area (Å²) in [5.41, 5.74) is -0.581. The fraction of sp³-hybridized carbons (Fsp3) is 0.562.